The van der Waals surface area contributed by atoms with Crippen LogP contribution in [0, 0.1) is 17.2 Å². The quantitative estimate of drug-likeness (QED) is 0.911. The van der Waals surface area contributed by atoms with E-state index in [1.165, 1.54) is 6.07 Å². The zero-order chi connectivity index (χ0) is 13.6. The number of nitrogens with one attached hydrogen (secondary N) is 1. The third-order valence-electron chi connectivity index (χ3n) is 4.59. The zero-order valence-electron chi connectivity index (χ0n) is 11.6. The Bertz CT molecular complexity index is 489. The van der Waals surface area contributed by atoms with Crippen LogP contribution >= 0.6 is 0 Å². The van der Waals surface area contributed by atoms with Crippen LogP contribution in [0.25, 0.3) is 0 Å². The molecule has 3 nitrogen and oxygen atoms in total. The molecule has 104 valence electrons. The normalized spacial score (nSPS) is 31.5. The summed E-state index contributed by atoms with van der Waals surface area (Å²) in [5.41, 5.74) is 0.555. The molecule has 2 fully saturated rings. The van der Waals surface area contributed by atoms with Gasteiger partial charge in [-0.3, -0.25) is 0 Å². The van der Waals surface area contributed by atoms with Gasteiger partial charge in [-0.2, -0.15) is 0 Å². The predicted octanol–water partition coefficient (Wildman–Crippen LogP) is 3.06. The molecule has 3 rings (SSSR count). The smallest absolute Gasteiger partial charge is 0.146 e. The van der Waals surface area contributed by atoms with Gasteiger partial charge in [0.1, 0.15) is 11.6 Å². The molecule has 0 amide bonds. The molecule has 1 N–H and O–H groups in total. The van der Waals surface area contributed by atoms with Crippen LogP contribution in [0.15, 0.2) is 18.2 Å². The monoisotopic (exact) mass is 265 g/mol. The molecular weight excluding hydrogens is 245 g/mol. The van der Waals surface area contributed by atoms with Crippen LogP contribution in [0.2, 0.25) is 0 Å². The van der Waals surface area contributed by atoms with Crippen molar-refractivity contribution in [3.63, 3.8) is 0 Å². The van der Waals surface area contributed by atoms with Crippen molar-refractivity contribution in [2.45, 2.75) is 32.4 Å². The lowest BCUT2D eigenvalue weighted by Gasteiger charge is -2.55. The number of hydrogen-bond acceptors (Lipinski definition) is 3. The van der Waals surface area contributed by atoms with E-state index in [4.69, 9.17) is 9.47 Å². The van der Waals surface area contributed by atoms with Crippen molar-refractivity contribution in [3.8, 4) is 5.75 Å². The third-order valence-corrected chi connectivity index (χ3v) is 4.59. The molecule has 1 aliphatic heterocycles. The van der Waals surface area contributed by atoms with Crippen molar-refractivity contribution in [1.82, 2.24) is 0 Å². The first-order valence-corrected chi connectivity index (χ1v) is 6.75. The molecule has 3 unspecified atom stereocenters. The van der Waals surface area contributed by atoms with E-state index in [-0.39, 0.29) is 17.3 Å². The lowest BCUT2D eigenvalue weighted by atomic mass is 9.57. The number of fused-ring (bicyclic) bond motifs is 1. The SMILES string of the molecule is COc1ccc(F)c(NC2C3CCOC3C2(C)C)c1. The zero-order valence-corrected chi connectivity index (χ0v) is 11.6. The predicted molar refractivity (Wildman–Crippen MR) is 72.0 cm³/mol. The largest absolute Gasteiger partial charge is 0.497 e. The van der Waals surface area contributed by atoms with E-state index in [1.54, 1.807) is 19.2 Å². The minimum atomic E-state index is -0.237. The van der Waals surface area contributed by atoms with Crippen LogP contribution in [0.5, 0.6) is 5.75 Å². The summed E-state index contributed by atoms with van der Waals surface area (Å²) in [6, 6.07) is 5.04. The molecule has 1 aromatic rings. The third kappa shape index (κ3) is 1.89. The molecule has 0 bridgehead atoms. The van der Waals surface area contributed by atoms with Crippen molar-refractivity contribution < 1.29 is 13.9 Å². The van der Waals surface area contributed by atoms with Crippen molar-refractivity contribution in [1.29, 1.82) is 0 Å². The summed E-state index contributed by atoms with van der Waals surface area (Å²) in [5.74, 6) is 0.916. The summed E-state index contributed by atoms with van der Waals surface area (Å²) < 4.78 is 24.8. The summed E-state index contributed by atoms with van der Waals surface area (Å²) in [5, 5.41) is 3.35. The Morgan fingerprint density at radius 3 is 2.95 bits per heavy atom. The van der Waals surface area contributed by atoms with Gasteiger partial charge in [0.25, 0.3) is 0 Å². The van der Waals surface area contributed by atoms with Crippen molar-refractivity contribution in [3.05, 3.63) is 24.0 Å². The molecule has 0 spiro atoms. The topological polar surface area (TPSA) is 30.5 Å². The number of hydrogen-bond donors (Lipinski definition) is 1. The Labute approximate surface area is 113 Å². The Balaban J connectivity index is 1.82. The molecule has 1 saturated heterocycles. The Hall–Kier alpha value is -1.29. The van der Waals surface area contributed by atoms with Crippen LogP contribution < -0.4 is 10.1 Å². The molecule has 1 heterocycles. The molecule has 2 aliphatic rings. The van der Waals surface area contributed by atoms with Gasteiger partial charge < -0.3 is 14.8 Å². The molecule has 3 atom stereocenters. The number of anilines is 1. The van der Waals surface area contributed by atoms with E-state index >= 15 is 0 Å². The Kier molecular flexibility index (Phi) is 2.93. The van der Waals surface area contributed by atoms with E-state index in [2.05, 4.69) is 19.2 Å². The summed E-state index contributed by atoms with van der Waals surface area (Å²) in [7, 11) is 1.59. The maximum Gasteiger partial charge on any atom is 0.146 e. The summed E-state index contributed by atoms with van der Waals surface area (Å²) in [4.78, 5) is 0. The first-order valence-electron chi connectivity index (χ1n) is 6.75. The van der Waals surface area contributed by atoms with Gasteiger partial charge in [-0.25, -0.2) is 4.39 Å². The molecule has 1 saturated carbocycles. The van der Waals surface area contributed by atoms with Crippen molar-refractivity contribution in [2.75, 3.05) is 19.0 Å². The first kappa shape index (κ1) is 12.7. The van der Waals surface area contributed by atoms with Crippen LogP contribution in [0.3, 0.4) is 0 Å². The molecular formula is C15H20FNO2. The van der Waals surface area contributed by atoms with Gasteiger partial charge in [0.15, 0.2) is 0 Å². The van der Waals surface area contributed by atoms with Gasteiger partial charge in [-0.05, 0) is 18.6 Å². The van der Waals surface area contributed by atoms with Crippen LogP contribution in [0.4, 0.5) is 10.1 Å². The van der Waals surface area contributed by atoms with Gasteiger partial charge in [0, 0.05) is 30.0 Å². The second-order valence-corrected chi connectivity index (χ2v) is 6.03. The second kappa shape index (κ2) is 4.37. The van der Waals surface area contributed by atoms with E-state index in [1.807, 2.05) is 0 Å². The number of halogens is 1. The summed E-state index contributed by atoms with van der Waals surface area (Å²) in [6.45, 7) is 5.17. The minimum absolute atomic E-state index is 0.0384. The van der Waals surface area contributed by atoms with Crippen LogP contribution in [-0.2, 0) is 4.74 Å². The van der Waals surface area contributed by atoms with Gasteiger partial charge in [-0.1, -0.05) is 13.8 Å². The number of methoxy groups -OCH3 is 1. The number of rotatable bonds is 3. The summed E-state index contributed by atoms with van der Waals surface area (Å²) >= 11 is 0. The van der Waals surface area contributed by atoms with Crippen molar-refractivity contribution >= 4 is 5.69 Å². The lowest BCUT2D eigenvalue weighted by Crippen LogP contribution is -2.63. The molecule has 0 radical (unpaired) electrons. The average Bonchev–Trinajstić information content (AvgIpc) is 2.84. The fraction of sp³-hybridized carbons (Fsp3) is 0.600. The standard InChI is InChI=1S/C15H20FNO2/c1-15(2)13(10-6-7-19-14(10)15)17-12-8-9(18-3)4-5-11(12)16/h4-5,8,10,13-14,17H,6-7H2,1-3H3. The molecule has 1 aromatic carbocycles. The van der Waals surface area contributed by atoms with E-state index in [9.17, 15) is 4.39 Å². The van der Waals surface area contributed by atoms with Gasteiger partial charge in [0.2, 0.25) is 0 Å². The van der Waals surface area contributed by atoms with Crippen LogP contribution in [0.1, 0.15) is 20.3 Å². The van der Waals surface area contributed by atoms with E-state index < -0.39 is 0 Å². The van der Waals surface area contributed by atoms with Crippen LogP contribution in [-0.4, -0.2) is 25.9 Å². The Morgan fingerprint density at radius 2 is 2.21 bits per heavy atom. The minimum Gasteiger partial charge on any atom is -0.497 e. The first-order chi connectivity index (χ1) is 9.04. The highest BCUT2D eigenvalue weighted by Crippen LogP contribution is 2.53. The van der Waals surface area contributed by atoms with Gasteiger partial charge in [-0.15, -0.1) is 0 Å². The second-order valence-electron chi connectivity index (χ2n) is 6.03. The molecule has 4 heteroatoms. The molecule has 1 aliphatic carbocycles. The van der Waals surface area contributed by atoms with Gasteiger partial charge in [0.05, 0.1) is 18.9 Å². The number of ether oxygens (including phenoxy) is 2. The highest BCUT2D eigenvalue weighted by atomic mass is 19.1. The fourth-order valence-corrected chi connectivity index (χ4v) is 3.53. The summed E-state index contributed by atoms with van der Waals surface area (Å²) in [6.07, 6.45) is 1.36. The fourth-order valence-electron chi connectivity index (χ4n) is 3.53. The molecule has 0 aromatic heterocycles. The maximum atomic E-state index is 13.9. The van der Waals surface area contributed by atoms with E-state index in [0.29, 0.717) is 23.5 Å². The highest BCUT2D eigenvalue weighted by molar-refractivity contribution is 5.51. The Morgan fingerprint density at radius 1 is 1.42 bits per heavy atom. The number of benzene rings is 1. The van der Waals surface area contributed by atoms with E-state index in [0.717, 1.165) is 13.0 Å². The molecule has 19 heavy (non-hydrogen) atoms. The maximum absolute atomic E-state index is 13.9. The lowest BCUT2D eigenvalue weighted by molar-refractivity contribution is -0.0923. The average molecular weight is 265 g/mol. The van der Waals surface area contributed by atoms with Crippen molar-refractivity contribution in [2.24, 2.45) is 11.3 Å². The van der Waals surface area contributed by atoms with Gasteiger partial charge >= 0.3 is 0 Å². The highest BCUT2D eigenvalue weighted by Gasteiger charge is 2.59.